The molecule has 3 aromatic rings. The third-order valence-corrected chi connectivity index (χ3v) is 3.46. The number of rotatable bonds is 2. The second-order valence-corrected chi connectivity index (χ2v) is 4.74. The number of nitrogen functional groups attached to an aromatic ring is 1. The van der Waals surface area contributed by atoms with Crippen molar-refractivity contribution in [1.29, 1.82) is 0 Å². The molecule has 0 aliphatic rings. The van der Waals surface area contributed by atoms with Gasteiger partial charge in [0, 0.05) is 11.3 Å². The first-order chi connectivity index (χ1) is 9.66. The van der Waals surface area contributed by atoms with Gasteiger partial charge in [0.15, 0.2) is 0 Å². The van der Waals surface area contributed by atoms with Crippen LogP contribution in [-0.4, -0.2) is 5.11 Å². The zero-order valence-corrected chi connectivity index (χ0v) is 10.8. The largest absolute Gasteiger partial charge is 0.398 e. The van der Waals surface area contributed by atoms with E-state index in [2.05, 4.69) is 0 Å². The molecule has 0 bridgehead atoms. The Morgan fingerprint density at radius 1 is 0.900 bits per heavy atom. The van der Waals surface area contributed by atoms with Crippen molar-refractivity contribution in [3.63, 3.8) is 0 Å². The van der Waals surface area contributed by atoms with Crippen LogP contribution in [0.4, 0.5) is 10.1 Å². The fraction of sp³-hybridized carbons (Fsp3) is 0.0588. The first-order valence-electron chi connectivity index (χ1n) is 6.37. The molecule has 3 N–H and O–H groups in total. The highest BCUT2D eigenvalue weighted by atomic mass is 19.1. The van der Waals surface area contributed by atoms with Crippen molar-refractivity contribution in [1.82, 2.24) is 0 Å². The molecule has 0 aromatic heterocycles. The summed E-state index contributed by atoms with van der Waals surface area (Å²) in [5.74, 6) is -0.409. The highest BCUT2D eigenvalue weighted by molar-refractivity contribution is 5.86. The number of fused-ring (bicyclic) bond motifs is 1. The number of aliphatic hydroxyl groups excluding tert-OH is 1. The van der Waals surface area contributed by atoms with E-state index in [4.69, 9.17) is 5.73 Å². The van der Waals surface area contributed by atoms with Gasteiger partial charge < -0.3 is 10.8 Å². The Hall–Kier alpha value is -2.39. The lowest BCUT2D eigenvalue weighted by atomic mass is 9.95. The number of anilines is 1. The van der Waals surface area contributed by atoms with Crippen LogP contribution in [0.5, 0.6) is 0 Å². The van der Waals surface area contributed by atoms with Gasteiger partial charge in [0.25, 0.3) is 0 Å². The van der Waals surface area contributed by atoms with Gasteiger partial charge in [-0.05, 0) is 34.5 Å². The van der Waals surface area contributed by atoms with Crippen LogP contribution in [0.25, 0.3) is 10.8 Å². The SMILES string of the molecule is Nc1ccc(F)cc1C(O)c1cccc2ccccc12. The summed E-state index contributed by atoms with van der Waals surface area (Å²) in [6.07, 6.45) is -0.947. The van der Waals surface area contributed by atoms with Gasteiger partial charge in [-0.2, -0.15) is 0 Å². The number of nitrogens with two attached hydrogens (primary N) is 1. The van der Waals surface area contributed by atoms with Crippen molar-refractivity contribution in [2.24, 2.45) is 0 Å². The summed E-state index contributed by atoms with van der Waals surface area (Å²) in [5, 5.41) is 12.5. The van der Waals surface area contributed by atoms with Crippen molar-refractivity contribution in [2.75, 3.05) is 5.73 Å². The monoisotopic (exact) mass is 267 g/mol. The Morgan fingerprint density at radius 2 is 1.65 bits per heavy atom. The van der Waals surface area contributed by atoms with Crippen LogP contribution in [0, 0.1) is 5.82 Å². The van der Waals surface area contributed by atoms with Crippen molar-refractivity contribution in [3.05, 3.63) is 77.6 Å². The average molecular weight is 267 g/mol. The first kappa shape index (κ1) is 12.6. The molecule has 3 rings (SSSR count). The third kappa shape index (κ3) is 2.12. The summed E-state index contributed by atoms with van der Waals surface area (Å²) in [4.78, 5) is 0. The van der Waals surface area contributed by atoms with Gasteiger partial charge in [-0.1, -0.05) is 42.5 Å². The van der Waals surface area contributed by atoms with Gasteiger partial charge in [0.05, 0.1) is 0 Å². The van der Waals surface area contributed by atoms with Crippen LogP contribution in [0.2, 0.25) is 0 Å². The molecule has 0 spiro atoms. The maximum atomic E-state index is 13.4. The third-order valence-electron chi connectivity index (χ3n) is 3.46. The molecule has 3 heteroatoms. The molecule has 0 amide bonds. The smallest absolute Gasteiger partial charge is 0.123 e. The highest BCUT2D eigenvalue weighted by Crippen LogP contribution is 2.31. The van der Waals surface area contributed by atoms with Gasteiger partial charge >= 0.3 is 0 Å². The predicted octanol–water partition coefficient (Wildman–Crippen LogP) is 3.64. The molecule has 0 aliphatic heterocycles. The Morgan fingerprint density at radius 3 is 2.50 bits per heavy atom. The lowest BCUT2D eigenvalue weighted by Gasteiger charge is -2.16. The molecule has 20 heavy (non-hydrogen) atoms. The maximum absolute atomic E-state index is 13.4. The van der Waals surface area contributed by atoms with Crippen molar-refractivity contribution >= 4 is 16.5 Å². The minimum absolute atomic E-state index is 0.381. The van der Waals surface area contributed by atoms with Crippen LogP contribution in [-0.2, 0) is 0 Å². The Bertz CT molecular complexity index is 765. The Kier molecular flexibility index (Phi) is 3.12. The second-order valence-electron chi connectivity index (χ2n) is 4.74. The minimum Gasteiger partial charge on any atom is -0.398 e. The summed E-state index contributed by atoms with van der Waals surface area (Å²) in [6, 6.07) is 17.5. The Balaban J connectivity index is 2.17. The molecule has 0 saturated carbocycles. The minimum atomic E-state index is -0.947. The van der Waals surface area contributed by atoms with Crippen molar-refractivity contribution in [3.8, 4) is 0 Å². The fourth-order valence-corrected chi connectivity index (χ4v) is 2.44. The van der Waals surface area contributed by atoms with Gasteiger partial charge in [0.1, 0.15) is 11.9 Å². The number of hydrogen-bond donors (Lipinski definition) is 2. The average Bonchev–Trinajstić information content (AvgIpc) is 2.48. The summed E-state index contributed by atoms with van der Waals surface area (Å²) < 4.78 is 13.4. The number of benzene rings is 3. The molecular formula is C17H14FNO. The van der Waals surface area contributed by atoms with E-state index in [0.717, 1.165) is 16.3 Å². The zero-order valence-electron chi connectivity index (χ0n) is 10.8. The van der Waals surface area contributed by atoms with E-state index in [9.17, 15) is 9.50 Å². The quantitative estimate of drug-likeness (QED) is 0.696. The van der Waals surface area contributed by atoms with Crippen LogP contribution in [0.1, 0.15) is 17.2 Å². The normalized spacial score (nSPS) is 12.5. The summed E-state index contributed by atoms with van der Waals surface area (Å²) in [5.41, 5.74) is 7.34. The molecule has 0 radical (unpaired) electrons. The summed E-state index contributed by atoms with van der Waals surface area (Å²) in [6.45, 7) is 0. The lowest BCUT2D eigenvalue weighted by Crippen LogP contribution is -2.05. The van der Waals surface area contributed by atoms with E-state index in [0.29, 0.717) is 11.3 Å². The van der Waals surface area contributed by atoms with E-state index < -0.39 is 11.9 Å². The van der Waals surface area contributed by atoms with E-state index >= 15 is 0 Å². The topological polar surface area (TPSA) is 46.2 Å². The van der Waals surface area contributed by atoms with Crippen LogP contribution >= 0.6 is 0 Å². The summed E-state index contributed by atoms with van der Waals surface area (Å²) in [7, 11) is 0. The number of halogens is 1. The first-order valence-corrected chi connectivity index (χ1v) is 6.37. The van der Waals surface area contributed by atoms with E-state index in [1.807, 2.05) is 42.5 Å². The standard InChI is InChI=1S/C17H14FNO/c18-12-8-9-16(19)15(10-12)17(20)14-7-3-5-11-4-1-2-6-13(11)14/h1-10,17,20H,19H2. The molecule has 0 saturated heterocycles. The fourth-order valence-electron chi connectivity index (χ4n) is 2.44. The molecule has 2 nitrogen and oxygen atoms in total. The van der Waals surface area contributed by atoms with Gasteiger partial charge in [-0.25, -0.2) is 4.39 Å². The van der Waals surface area contributed by atoms with Gasteiger partial charge in [-0.15, -0.1) is 0 Å². The van der Waals surface area contributed by atoms with E-state index in [1.165, 1.54) is 18.2 Å². The molecule has 0 fully saturated rings. The molecule has 100 valence electrons. The van der Waals surface area contributed by atoms with Crippen LogP contribution in [0.3, 0.4) is 0 Å². The van der Waals surface area contributed by atoms with Crippen molar-refractivity contribution in [2.45, 2.75) is 6.10 Å². The molecular weight excluding hydrogens is 253 g/mol. The Labute approximate surface area is 116 Å². The second kappa shape index (κ2) is 4.94. The summed E-state index contributed by atoms with van der Waals surface area (Å²) >= 11 is 0. The highest BCUT2D eigenvalue weighted by Gasteiger charge is 2.16. The lowest BCUT2D eigenvalue weighted by molar-refractivity contribution is 0.222. The molecule has 1 atom stereocenters. The zero-order chi connectivity index (χ0) is 14.1. The molecule has 0 heterocycles. The van der Waals surface area contributed by atoms with E-state index in [1.54, 1.807) is 0 Å². The molecule has 0 aliphatic carbocycles. The number of aliphatic hydroxyl groups is 1. The predicted molar refractivity (Wildman–Crippen MR) is 78.8 cm³/mol. The van der Waals surface area contributed by atoms with Crippen LogP contribution in [0.15, 0.2) is 60.7 Å². The maximum Gasteiger partial charge on any atom is 0.123 e. The van der Waals surface area contributed by atoms with Gasteiger partial charge in [0.2, 0.25) is 0 Å². The van der Waals surface area contributed by atoms with Crippen LogP contribution < -0.4 is 5.73 Å². The number of hydrogen-bond acceptors (Lipinski definition) is 2. The van der Waals surface area contributed by atoms with E-state index in [-0.39, 0.29) is 0 Å². The molecule has 1 unspecified atom stereocenters. The molecule has 3 aromatic carbocycles. The van der Waals surface area contributed by atoms with Crippen molar-refractivity contribution < 1.29 is 9.50 Å². The van der Waals surface area contributed by atoms with Gasteiger partial charge in [-0.3, -0.25) is 0 Å².